The van der Waals surface area contributed by atoms with Gasteiger partial charge in [-0.2, -0.15) is 10.4 Å². The number of aryl methyl sites for hydroxylation is 1. The van der Waals surface area contributed by atoms with Crippen molar-refractivity contribution in [3.05, 3.63) is 77.6 Å². The Labute approximate surface area is 175 Å². The maximum atomic E-state index is 12.5. The zero-order valence-electron chi connectivity index (χ0n) is 16.4. The van der Waals surface area contributed by atoms with E-state index in [4.69, 9.17) is 5.26 Å². The summed E-state index contributed by atoms with van der Waals surface area (Å²) in [7, 11) is 0. The maximum Gasteiger partial charge on any atom is 0.248 e. The molecule has 0 saturated heterocycles. The average molecular weight is 403 g/mol. The predicted molar refractivity (Wildman–Crippen MR) is 118 cm³/mol. The number of amides is 1. The second-order valence-electron chi connectivity index (χ2n) is 6.41. The van der Waals surface area contributed by atoms with Gasteiger partial charge in [-0.05, 0) is 44.2 Å². The number of aromatic nitrogens is 2. The topological polar surface area (TPSA) is 70.7 Å². The van der Waals surface area contributed by atoms with Gasteiger partial charge in [0.1, 0.15) is 0 Å². The molecule has 3 aromatic rings. The van der Waals surface area contributed by atoms with Crippen molar-refractivity contribution >= 4 is 29.4 Å². The van der Waals surface area contributed by atoms with Crippen molar-refractivity contribution in [3.63, 3.8) is 0 Å². The van der Waals surface area contributed by atoms with Crippen molar-refractivity contribution in [1.82, 2.24) is 9.78 Å². The second kappa shape index (κ2) is 9.76. The molecule has 2 aromatic carbocycles. The molecule has 6 heteroatoms. The summed E-state index contributed by atoms with van der Waals surface area (Å²) in [6.07, 6.45) is 3.80. The summed E-state index contributed by atoms with van der Waals surface area (Å²) in [6, 6.07) is 19.7. The molecular weight excluding hydrogens is 380 g/mol. The fourth-order valence-corrected chi connectivity index (χ4v) is 3.81. The molecule has 0 spiro atoms. The van der Waals surface area contributed by atoms with E-state index >= 15 is 0 Å². The smallest absolute Gasteiger partial charge is 0.248 e. The molecular formula is C23H22N4OS. The van der Waals surface area contributed by atoms with Gasteiger partial charge in [0, 0.05) is 34.4 Å². The summed E-state index contributed by atoms with van der Waals surface area (Å²) < 4.78 is 1.88. The molecule has 146 valence electrons. The molecule has 0 aliphatic rings. The molecule has 29 heavy (non-hydrogen) atoms. The fraction of sp³-hybridized carbons (Fsp3) is 0.174. The van der Waals surface area contributed by atoms with Gasteiger partial charge in [-0.15, -0.1) is 11.8 Å². The third-order valence-electron chi connectivity index (χ3n) is 4.37. The van der Waals surface area contributed by atoms with Gasteiger partial charge in [0.05, 0.1) is 23.1 Å². The molecule has 1 heterocycles. The van der Waals surface area contributed by atoms with Gasteiger partial charge in [0.2, 0.25) is 5.91 Å². The molecule has 3 rings (SSSR count). The van der Waals surface area contributed by atoms with E-state index < -0.39 is 0 Å². The standard InChI is InChI=1S/C23H22N4OS/c1-17-20(18(2)27(26-17)19-9-4-3-5-10-19)13-14-23(28)25-21-11-6-7-12-22(21)29-16-8-15-24/h3-7,9-14H,8,16H2,1-2H3,(H,25,28)/b14-13+. The molecule has 1 aromatic heterocycles. The SMILES string of the molecule is Cc1nn(-c2ccccc2)c(C)c1/C=C/C(=O)Nc1ccccc1SCCC#N. The van der Waals surface area contributed by atoms with Crippen molar-refractivity contribution in [3.8, 4) is 11.8 Å². The first-order valence-electron chi connectivity index (χ1n) is 9.29. The molecule has 1 N–H and O–H groups in total. The third kappa shape index (κ3) is 5.15. The lowest BCUT2D eigenvalue weighted by Crippen LogP contribution is -2.08. The molecule has 0 bridgehead atoms. The molecule has 0 fully saturated rings. The number of carbonyl (C=O) groups excluding carboxylic acids is 1. The van der Waals surface area contributed by atoms with Crippen LogP contribution in [0.1, 0.15) is 23.4 Å². The number of nitrogens with zero attached hydrogens (tertiary/aromatic N) is 3. The fourth-order valence-electron chi connectivity index (χ4n) is 2.95. The first-order chi connectivity index (χ1) is 14.1. The lowest BCUT2D eigenvalue weighted by molar-refractivity contribution is -0.111. The van der Waals surface area contributed by atoms with Crippen LogP contribution in [-0.2, 0) is 4.79 Å². The Morgan fingerprint density at radius 3 is 2.66 bits per heavy atom. The number of anilines is 1. The van der Waals surface area contributed by atoms with E-state index in [1.807, 2.05) is 73.1 Å². The summed E-state index contributed by atoms with van der Waals surface area (Å²) in [6.45, 7) is 3.93. The van der Waals surface area contributed by atoms with Gasteiger partial charge in [0.15, 0.2) is 0 Å². The first kappa shape index (κ1) is 20.4. The highest BCUT2D eigenvalue weighted by Crippen LogP contribution is 2.27. The summed E-state index contributed by atoms with van der Waals surface area (Å²) in [4.78, 5) is 13.4. The highest BCUT2D eigenvalue weighted by Gasteiger charge is 2.11. The van der Waals surface area contributed by atoms with Crippen LogP contribution in [0.2, 0.25) is 0 Å². The molecule has 0 saturated carbocycles. The normalized spacial score (nSPS) is 10.8. The number of carbonyl (C=O) groups is 1. The highest BCUT2D eigenvalue weighted by atomic mass is 32.2. The van der Waals surface area contributed by atoms with Crippen LogP contribution in [0.5, 0.6) is 0 Å². The monoisotopic (exact) mass is 402 g/mol. The number of benzene rings is 2. The van der Waals surface area contributed by atoms with Gasteiger partial charge in [0.25, 0.3) is 0 Å². The summed E-state index contributed by atoms with van der Waals surface area (Å²) in [5.41, 5.74) is 4.51. The Bertz CT molecular complexity index is 1060. The third-order valence-corrected chi connectivity index (χ3v) is 5.44. The minimum atomic E-state index is -0.204. The number of nitriles is 1. The van der Waals surface area contributed by atoms with E-state index in [2.05, 4.69) is 16.5 Å². The summed E-state index contributed by atoms with van der Waals surface area (Å²) in [5.74, 6) is 0.487. The Balaban J connectivity index is 1.74. The van der Waals surface area contributed by atoms with Crippen LogP contribution in [0, 0.1) is 25.2 Å². The zero-order valence-corrected chi connectivity index (χ0v) is 17.2. The first-order valence-corrected chi connectivity index (χ1v) is 10.3. The van der Waals surface area contributed by atoms with Crippen molar-refractivity contribution in [2.45, 2.75) is 25.2 Å². The Hall–Kier alpha value is -3.30. The lowest BCUT2D eigenvalue weighted by Gasteiger charge is -2.08. The zero-order chi connectivity index (χ0) is 20.6. The number of nitrogens with one attached hydrogen (secondary N) is 1. The lowest BCUT2D eigenvalue weighted by atomic mass is 10.2. The minimum Gasteiger partial charge on any atom is -0.321 e. The van der Waals surface area contributed by atoms with Gasteiger partial charge in [-0.1, -0.05) is 30.3 Å². The van der Waals surface area contributed by atoms with Gasteiger partial charge in [-0.25, -0.2) is 4.68 Å². The van der Waals surface area contributed by atoms with Crippen molar-refractivity contribution in [2.75, 3.05) is 11.1 Å². The van der Waals surface area contributed by atoms with E-state index in [0.717, 1.165) is 33.2 Å². The average Bonchev–Trinajstić information content (AvgIpc) is 3.02. The Kier molecular flexibility index (Phi) is 6.88. The van der Waals surface area contributed by atoms with Gasteiger partial charge in [-0.3, -0.25) is 4.79 Å². The van der Waals surface area contributed by atoms with Crippen LogP contribution in [0.4, 0.5) is 5.69 Å². The number of hydrogen-bond donors (Lipinski definition) is 1. The maximum absolute atomic E-state index is 12.5. The molecule has 0 unspecified atom stereocenters. The van der Waals surface area contributed by atoms with E-state index in [9.17, 15) is 4.79 Å². The van der Waals surface area contributed by atoms with E-state index in [1.165, 1.54) is 6.08 Å². The van der Waals surface area contributed by atoms with Crippen molar-refractivity contribution < 1.29 is 4.79 Å². The predicted octanol–water partition coefficient (Wildman–Crippen LogP) is 5.15. The number of hydrogen-bond acceptors (Lipinski definition) is 4. The highest BCUT2D eigenvalue weighted by molar-refractivity contribution is 7.99. The van der Waals surface area contributed by atoms with E-state index in [-0.39, 0.29) is 5.91 Å². The van der Waals surface area contributed by atoms with E-state index in [1.54, 1.807) is 17.8 Å². The minimum absolute atomic E-state index is 0.204. The van der Waals surface area contributed by atoms with Crippen LogP contribution in [0.15, 0.2) is 65.6 Å². The van der Waals surface area contributed by atoms with Crippen LogP contribution >= 0.6 is 11.8 Å². The molecule has 0 radical (unpaired) electrons. The number of thioether (sulfide) groups is 1. The Morgan fingerprint density at radius 2 is 1.90 bits per heavy atom. The Morgan fingerprint density at radius 1 is 1.17 bits per heavy atom. The van der Waals surface area contributed by atoms with Crippen LogP contribution in [-0.4, -0.2) is 21.4 Å². The van der Waals surface area contributed by atoms with Crippen LogP contribution in [0.25, 0.3) is 11.8 Å². The summed E-state index contributed by atoms with van der Waals surface area (Å²) >= 11 is 1.56. The second-order valence-corrected chi connectivity index (χ2v) is 7.54. The van der Waals surface area contributed by atoms with Gasteiger partial charge < -0.3 is 5.32 Å². The molecule has 1 amide bonds. The van der Waals surface area contributed by atoms with Crippen molar-refractivity contribution in [2.24, 2.45) is 0 Å². The molecule has 0 aliphatic carbocycles. The largest absolute Gasteiger partial charge is 0.321 e. The summed E-state index contributed by atoms with van der Waals surface area (Å²) in [5, 5.41) is 16.2. The molecule has 0 aliphatic heterocycles. The van der Waals surface area contributed by atoms with Crippen LogP contribution < -0.4 is 5.32 Å². The van der Waals surface area contributed by atoms with Crippen LogP contribution in [0.3, 0.4) is 0 Å². The number of para-hydroxylation sites is 2. The molecule has 0 atom stereocenters. The molecule has 5 nitrogen and oxygen atoms in total. The van der Waals surface area contributed by atoms with E-state index in [0.29, 0.717) is 12.2 Å². The number of rotatable bonds is 7. The quantitative estimate of drug-likeness (QED) is 0.337. The van der Waals surface area contributed by atoms with Crippen molar-refractivity contribution in [1.29, 1.82) is 5.26 Å². The van der Waals surface area contributed by atoms with Gasteiger partial charge >= 0.3 is 0 Å².